The average molecular weight is 358 g/mol. The third kappa shape index (κ3) is 4.65. The molecule has 1 aliphatic rings. The number of imidazole rings is 1. The molecule has 0 bridgehead atoms. The third-order valence-corrected chi connectivity index (χ3v) is 4.44. The lowest BCUT2D eigenvalue weighted by Gasteiger charge is -2.31. The summed E-state index contributed by atoms with van der Waals surface area (Å²) in [6, 6.07) is 8.18. The van der Waals surface area contributed by atoms with Crippen LogP contribution in [0.15, 0.2) is 29.3 Å². The molecule has 8 nitrogen and oxygen atoms in total. The standard InChI is InChI=1S/C18H26N6O2/c1-2-26-18(25)24-11-8-13(9-12-24)21-17(19)20-10-7-16-22-14-5-3-4-6-15(14)23-16/h3-6,13H,2,7-12H2,1H3,(H,22,23)(H3,19,20,21). The van der Waals surface area contributed by atoms with Gasteiger partial charge in [0, 0.05) is 32.1 Å². The SMILES string of the molecule is CCOC(=O)N1CCC(NC(N)=NCCc2nc3ccccc3[nH]2)CC1. The summed E-state index contributed by atoms with van der Waals surface area (Å²) in [5.41, 5.74) is 7.99. The number of nitrogens with zero attached hydrogens (tertiary/aromatic N) is 3. The Bertz CT molecular complexity index is 731. The second kappa shape index (κ2) is 8.55. The Morgan fingerprint density at radius 3 is 2.92 bits per heavy atom. The van der Waals surface area contributed by atoms with E-state index in [1.165, 1.54) is 0 Å². The number of likely N-dealkylation sites (tertiary alicyclic amines) is 1. The first kappa shape index (κ1) is 18.0. The number of piperidine rings is 1. The lowest BCUT2D eigenvalue weighted by molar-refractivity contribution is 0.0963. The van der Waals surface area contributed by atoms with Crippen LogP contribution in [-0.4, -0.2) is 59.2 Å². The van der Waals surface area contributed by atoms with E-state index in [2.05, 4.69) is 20.3 Å². The Kier molecular flexibility index (Phi) is 5.93. The molecule has 1 aromatic heterocycles. The maximum atomic E-state index is 11.7. The number of guanidine groups is 1. The maximum absolute atomic E-state index is 11.7. The van der Waals surface area contributed by atoms with E-state index in [1.54, 1.807) is 4.90 Å². The molecule has 0 spiro atoms. The Morgan fingerprint density at radius 2 is 2.19 bits per heavy atom. The van der Waals surface area contributed by atoms with Crippen LogP contribution in [0.5, 0.6) is 0 Å². The highest BCUT2D eigenvalue weighted by Gasteiger charge is 2.23. The molecule has 1 aliphatic heterocycles. The van der Waals surface area contributed by atoms with Gasteiger partial charge in [-0.15, -0.1) is 0 Å². The molecule has 1 fully saturated rings. The van der Waals surface area contributed by atoms with Crippen LogP contribution < -0.4 is 11.1 Å². The van der Waals surface area contributed by atoms with Crippen molar-refractivity contribution in [2.75, 3.05) is 26.2 Å². The molecule has 2 heterocycles. The molecule has 26 heavy (non-hydrogen) atoms. The summed E-state index contributed by atoms with van der Waals surface area (Å²) >= 11 is 0. The van der Waals surface area contributed by atoms with Gasteiger partial charge in [-0.1, -0.05) is 12.1 Å². The number of nitrogens with two attached hydrogens (primary N) is 1. The number of amides is 1. The molecular weight excluding hydrogens is 332 g/mol. The fraction of sp³-hybridized carbons (Fsp3) is 0.500. The fourth-order valence-corrected chi connectivity index (χ4v) is 3.08. The first-order valence-corrected chi connectivity index (χ1v) is 9.07. The van der Waals surface area contributed by atoms with Gasteiger partial charge < -0.3 is 25.7 Å². The first-order valence-electron chi connectivity index (χ1n) is 9.07. The lowest BCUT2D eigenvalue weighted by Crippen LogP contribution is -2.48. The van der Waals surface area contributed by atoms with Gasteiger partial charge in [-0.2, -0.15) is 0 Å². The Morgan fingerprint density at radius 1 is 1.42 bits per heavy atom. The summed E-state index contributed by atoms with van der Waals surface area (Å²) in [6.45, 7) is 4.13. The molecule has 0 unspecified atom stereocenters. The molecule has 1 aromatic carbocycles. The van der Waals surface area contributed by atoms with Crippen LogP contribution in [0, 0.1) is 0 Å². The zero-order valence-corrected chi connectivity index (χ0v) is 15.1. The van der Waals surface area contributed by atoms with E-state index in [1.807, 2.05) is 31.2 Å². The normalized spacial score (nSPS) is 16.0. The van der Waals surface area contributed by atoms with Gasteiger partial charge in [-0.05, 0) is 31.9 Å². The van der Waals surface area contributed by atoms with E-state index in [0.717, 1.165) is 29.7 Å². The number of hydrogen-bond donors (Lipinski definition) is 3. The summed E-state index contributed by atoms with van der Waals surface area (Å²) < 4.78 is 5.02. The van der Waals surface area contributed by atoms with Crippen LogP contribution in [0.3, 0.4) is 0 Å². The number of fused-ring (bicyclic) bond motifs is 1. The largest absolute Gasteiger partial charge is 0.450 e. The molecule has 0 radical (unpaired) electrons. The van der Waals surface area contributed by atoms with Crippen LogP contribution in [0.2, 0.25) is 0 Å². The van der Waals surface area contributed by atoms with Crippen molar-refractivity contribution in [2.45, 2.75) is 32.2 Å². The number of aliphatic imine (C=N–C) groups is 1. The smallest absolute Gasteiger partial charge is 0.409 e. The van der Waals surface area contributed by atoms with Gasteiger partial charge in [0.05, 0.1) is 17.6 Å². The van der Waals surface area contributed by atoms with E-state index in [4.69, 9.17) is 10.5 Å². The molecule has 0 aliphatic carbocycles. The fourth-order valence-electron chi connectivity index (χ4n) is 3.08. The molecular formula is C18H26N6O2. The summed E-state index contributed by atoms with van der Waals surface area (Å²) in [5, 5.41) is 3.24. The van der Waals surface area contributed by atoms with Gasteiger partial charge in [0.2, 0.25) is 0 Å². The number of carbonyl (C=O) groups is 1. The summed E-state index contributed by atoms with van der Waals surface area (Å²) in [6.07, 6.45) is 2.13. The number of aromatic nitrogens is 2. The minimum atomic E-state index is -0.238. The van der Waals surface area contributed by atoms with Crippen LogP contribution in [0.1, 0.15) is 25.6 Å². The highest BCUT2D eigenvalue weighted by atomic mass is 16.6. The van der Waals surface area contributed by atoms with Crippen molar-refractivity contribution in [1.82, 2.24) is 20.2 Å². The van der Waals surface area contributed by atoms with Crippen molar-refractivity contribution >= 4 is 23.1 Å². The predicted molar refractivity (Wildman–Crippen MR) is 101 cm³/mol. The molecule has 0 saturated carbocycles. The molecule has 140 valence electrons. The molecule has 1 amide bonds. The number of para-hydroxylation sites is 2. The highest BCUT2D eigenvalue weighted by Crippen LogP contribution is 2.12. The van der Waals surface area contributed by atoms with Crippen LogP contribution >= 0.6 is 0 Å². The minimum absolute atomic E-state index is 0.232. The quantitative estimate of drug-likeness (QED) is 0.556. The van der Waals surface area contributed by atoms with Crippen molar-refractivity contribution in [3.63, 3.8) is 0 Å². The molecule has 1 saturated heterocycles. The van der Waals surface area contributed by atoms with E-state index in [9.17, 15) is 4.79 Å². The number of H-pyrrole nitrogens is 1. The van der Waals surface area contributed by atoms with Crippen molar-refractivity contribution < 1.29 is 9.53 Å². The number of aromatic amines is 1. The Labute approximate surface area is 152 Å². The number of benzene rings is 1. The average Bonchev–Trinajstić information content (AvgIpc) is 3.05. The summed E-state index contributed by atoms with van der Waals surface area (Å²) in [7, 11) is 0. The first-order chi connectivity index (χ1) is 12.7. The molecule has 3 rings (SSSR count). The third-order valence-electron chi connectivity index (χ3n) is 4.44. The van der Waals surface area contributed by atoms with Gasteiger partial charge in [-0.3, -0.25) is 4.99 Å². The van der Waals surface area contributed by atoms with Gasteiger partial charge in [0.15, 0.2) is 5.96 Å². The number of ether oxygens (including phenoxy) is 1. The molecule has 8 heteroatoms. The molecule has 2 aromatic rings. The highest BCUT2D eigenvalue weighted by molar-refractivity contribution is 5.78. The van der Waals surface area contributed by atoms with Gasteiger partial charge in [0.1, 0.15) is 5.82 Å². The zero-order chi connectivity index (χ0) is 18.4. The van der Waals surface area contributed by atoms with E-state index in [0.29, 0.717) is 38.6 Å². The van der Waals surface area contributed by atoms with E-state index in [-0.39, 0.29) is 12.1 Å². The number of rotatable bonds is 5. The monoisotopic (exact) mass is 358 g/mol. The topological polar surface area (TPSA) is 109 Å². The van der Waals surface area contributed by atoms with Crippen LogP contribution in [0.4, 0.5) is 4.79 Å². The molecule has 0 atom stereocenters. The Hall–Kier alpha value is -2.77. The minimum Gasteiger partial charge on any atom is -0.450 e. The summed E-state index contributed by atoms with van der Waals surface area (Å²) in [4.78, 5) is 25.6. The number of hydrogen-bond acceptors (Lipinski definition) is 4. The maximum Gasteiger partial charge on any atom is 0.409 e. The summed E-state index contributed by atoms with van der Waals surface area (Å²) in [5.74, 6) is 1.35. The van der Waals surface area contributed by atoms with Crippen molar-refractivity contribution in [2.24, 2.45) is 10.7 Å². The van der Waals surface area contributed by atoms with Gasteiger partial charge in [-0.25, -0.2) is 9.78 Å². The van der Waals surface area contributed by atoms with E-state index < -0.39 is 0 Å². The van der Waals surface area contributed by atoms with Crippen molar-refractivity contribution in [1.29, 1.82) is 0 Å². The predicted octanol–water partition coefficient (Wildman–Crippen LogP) is 1.63. The van der Waals surface area contributed by atoms with Crippen LogP contribution in [-0.2, 0) is 11.2 Å². The molecule has 4 N–H and O–H groups in total. The number of carbonyl (C=O) groups excluding carboxylic acids is 1. The van der Waals surface area contributed by atoms with E-state index >= 15 is 0 Å². The van der Waals surface area contributed by atoms with Crippen LogP contribution in [0.25, 0.3) is 11.0 Å². The number of nitrogens with one attached hydrogen (secondary N) is 2. The lowest BCUT2D eigenvalue weighted by atomic mass is 10.1. The zero-order valence-electron chi connectivity index (χ0n) is 15.1. The second-order valence-corrected chi connectivity index (χ2v) is 6.32. The van der Waals surface area contributed by atoms with Crippen molar-refractivity contribution in [3.8, 4) is 0 Å². The van der Waals surface area contributed by atoms with Gasteiger partial charge >= 0.3 is 6.09 Å². The van der Waals surface area contributed by atoms with Crippen molar-refractivity contribution in [3.05, 3.63) is 30.1 Å². The second-order valence-electron chi connectivity index (χ2n) is 6.32. The Balaban J connectivity index is 1.42. The van der Waals surface area contributed by atoms with Gasteiger partial charge in [0.25, 0.3) is 0 Å².